The Morgan fingerprint density at radius 3 is 2.24 bits per heavy atom. The minimum absolute atomic E-state index is 0.0360. The van der Waals surface area contributed by atoms with Crippen LogP contribution >= 0.6 is 0 Å². The van der Waals surface area contributed by atoms with Crippen LogP contribution in [0.15, 0.2) is 41.8 Å². The van der Waals surface area contributed by atoms with E-state index in [1.165, 1.54) is 30.3 Å². The molecule has 0 radical (unpaired) electrons. The van der Waals surface area contributed by atoms with Gasteiger partial charge < -0.3 is 5.32 Å². The van der Waals surface area contributed by atoms with Crippen LogP contribution in [0.5, 0.6) is 0 Å². The molecule has 0 spiro atoms. The molecule has 0 atom stereocenters. The first-order valence-electron chi connectivity index (χ1n) is 5.84. The van der Waals surface area contributed by atoms with E-state index in [9.17, 15) is 21.6 Å². The van der Waals surface area contributed by atoms with Crippen molar-refractivity contribution in [3.8, 4) is 0 Å². The van der Waals surface area contributed by atoms with Gasteiger partial charge in [0.2, 0.25) is 15.9 Å². The van der Waals surface area contributed by atoms with E-state index < -0.39 is 31.5 Å². The molecule has 0 aliphatic carbocycles. The van der Waals surface area contributed by atoms with Crippen LogP contribution in [-0.2, 0) is 31.2 Å². The normalized spacial score (nSPS) is 11.9. The number of rotatable bonds is 7. The molecule has 0 aromatic heterocycles. The summed E-state index contributed by atoms with van der Waals surface area (Å²) in [5, 5.41) is 7.39. The maximum absolute atomic E-state index is 11.5. The minimum atomic E-state index is -3.76. The Morgan fingerprint density at radius 1 is 1.19 bits per heavy atom. The molecule has 0 saturated heterocycles. The Kier molecular flexibility index (Phi) is 5.64. The fraction of sp³-hybridized carbons (Fsp3) is 0.250. The number of hydrogen-bond donors (Lipinski definition) is 2. The van der Waals surface area contributed by atoms with Crippen molar-refractivity contribution in [2.45, 2.75) is 11.4 Å². The number of amides is 1. The Bertz CT molecular complexity index is 721. The van der Waals surface area contributed by atoms with Crippen LogP contribution in [0.1, 0.15) is 5.56 Å². The number of carbonyl (C=O) groups is 1. The van der Waals surface area contributed by atoms with Gasteiger partial charge in [-0.15, -0.1) is 6.58 Å². The summed E-state index contributed by atoms with van der Waals surface area (Å²) < 4.78 is 44.9. The van der Waals surface area contributed by atoms with Gasteiger partial charge in [0, 0.05) is 6.54 Å². The van der Waals surface area contributed by atoms with E-state index in [2.05, 4.69) is 11.9 Å². The molecule has 3 N–H and O–H groups in total. The molecule has 0 heterocycles. The monoisotopic (exact) mass is 332 g/mol. The van der Waals surface area contributed by atoms with Crippen LogP contribution in [0.3, 0.4) is 0 Å². The smallest absolute Gasteiger partial charge is 0.238 e. The first-order chi connectivity index (χ1) is 9.64. The molecule has 7 nitrogen and oxygen atoms in total. The third-order valence-corrected chi connectivity index (χ3v) is 4.84. The fourth-order valence-electron chi connectivity index (χ4n) is 1.49. The Labute approximate surface area is 123 Å². The number of nitrogens with one attached hydrogen (secondary N) is 1. The standard InChI is InChI=1S/C12H16N2O5S2/c1-2-7-20(16,17)9-12(15)14-8-10-3-5-11(6-4-10)21(13,18)19/h2-6H,1,7-9H2,(H,14,15)(H2,13,18,19). The Hall–Kier alpha value is -1.71. The predicted octanol–water partition coefficient (Wildman–Crippen LogP) is -0.449. The van der Waals surface area contributed by atoms with Gasteiger partial charge in [0.25, 0.3) is 0 Å². The number of carbonyl (C=O) groups excluding carboxylic acids is 1. The molecule has 0 unspecified atom stereocenters. The van der Waals surface area contributed by atoms with E-state index in [1.807, 2.05) is 0 Å². The van der Waals surface area contributed by atoms with Crippen molar-refractivity contribution >= 4 is 25.8 Å². The van der Waals surface area contributed by atoms with Gasteiger partial charge in [0.1, 0.15) is 5.75 Å². The molecule has 21 heavy (non-hydrogen) atoms. The van der Waals surface area contributed by atoms with Gasteiger partial charge >= 0.3 is 0 Å². The summed E-state index contributed by atoms with van der Waals surface area (Å²) >= 11 is 0. The second-order valence-electron chi connectivity index (χ2n) is 4.31. The quantitative estimate of drug-likeness (QED) is 0.655. The zero-order valence-corrected chi connectivity index (χ0v) is 12.8. The van der Waals surface area contributed by atoms with E-state index >= 15 is 0 Å². The average Bonchev–Trinajstić information content (AvgIpc) is 2.35. The van der Waals surface area contributed by atoms with Crippen LogP contribution in [0.25, 0.3) is 0 Å². The van der Waals surface area contributed by atoms with E-state index in [0.717, 1.165) is 0 Å². The highest BCUT2D eigenvalue weighted by Gasteiger charge is 2.14. The van der Waals surface area contributed by atoms with Crippen LogP contribution in [0.4, 0.5) is 0 Å². The number of nitrogens with two attached hydrogens (primary N) is 1. The Morgan fingerprint density at radius 2 is 1.76 bits per heavy atom. The summed E-state index contributed by atoms with van der Waals surface area (Å²) in [7, 11) is -7.24. The van der Waals surface area contributed by atoms with E-state index in [0.29, 0.717) is 5.56 Å². The second-order valence-corrected chi connectivity index (χ2v) is 7.98. The lowest BCUT2D eigenvalue weighted by Crippen LogP contribution is -2.30. The highest BCUT2D eigenvalue weighted by molar-refractivity contribution is 7.92. The summed E-state index contributed by atoms with van der Waals surface area (Å²) in [5.41, 5.74) is 0.622. The number of hydrogen-bond acceptors (Lipinski definition) is 5. The summed E-state index contributed by atoms with van der Waals surface area (Å²) in [6.45, 7) is 3.40. The molecule has 1 amide bonds. The summed E-state index contributed by atoms with van der Waals surface area (Å²) in [4.78, 5) is 11.5. The Balaban J connectivity index is 2.60. The first kappa shape index (κ1) is 17.3. The highest BCUT2D eigenvalue weighted by atomic mass is 32.2. The SMILES string of the molecule is C=CCS(=O)(=O)CC(=O)NCc1ccc(S(N)(=O)=O)cc1. The molecule has 0 aliphatic rings. The van der Waals surface area contributed by atoms with Crippen molar-refractivity contribution in [1.82, 2.24) is 5.32 Å². The lowest BCUT2D eigenvalue weighted by atomic mass is 10.2. The van der Waals surface area contributed by atoms with E-state index in [1.54, 1.807) is 0 Å². The van der Waals surface area contributed by atoms with Crippen molar-refractivity contribution < 1.29 is 21.6 Å². The molecule has 116 valence electrons. The van der Waals surface area contributed by atoms with Crippen LogP contribution in [0.2, 0.25) is 0 Å². The minimum Gasteiger partial charge on any atom is -0.351 e. The summed E-state index contributed by atoms with van der Waals surface area (Å²) in [6, 6.07) is 5.59. The lowest BCUT2D eigenvalue weighted by molar-refractivity contribution is -0.118. The van der Waals surface area contributed by atoms with Crippen molar-refractivity contribution in [2.75, 3.05) is 11.5 Å². The summed E-state index contributed by atoms with van der Waals surface area (Å²) in [5.74, 6) is -1.51. The van der Waals surface area contributed by atoms with Crippen molar-refractivity contribution in [1.29, 1.82) is 0 Å². The molecule has 1 rings (SSSR count). The molecule has 1 aromatic carbocycles. The number of primary sulfonamides is 1. The third kappa shape index (κ3) is 6.06. The largest absolute Gasteiger partial charge is 0.351 e. The molecule has 9 heteroatoms. The van der Waals surface area contributed by atoms with Gasteiger partial charge in [-0.2, -0.15) is 0 Å². The predicted molar refractivity (Wildman–Crippen MR) is 78.5 cm³/mol. The average molecular weight is 332 g/mol. The molecule has 0 saturated carbocycles. The molecule has 0 bridgehead atoms. The van der Waals surface area contributed by atoms with Gasteiger partial charge in [-0.25, -0.2) is 22.0 Å². The molecular formula is C12H16N2O5S2. The highest BCUT2D eigenvalue weighted by Crippen LogP contribution is 2.08. The topological polar surface area (TPSA) is 123 Å². The lowest BCUT2D eigenvalue weighted by Gasteiger charge is -2.06. The van der Waals surface area contributed by atoms with Gasteiger partial charge in [-0.3, -0.25) is 4.79 Å². The van der Waals surface area contributed by atoms with E-state index in [4.69, 9.17) is 5.14 Å². The van der Waals surface area contributed by atoms with Gasteiger partial charge in [0.15, 0.2) is 9.84 Å². The molecule has 1 aromatic rings. The second kappa shape index (κ2) is 6.83. The van der Waals surface area contributed by atoms with Crippen molar-refractivity contribution in [3.05, 3.63) is 42.5 Å². The van der Waals surface area contributed by atoms with Gasteiger partial charge in [0.05, 0.1) is 10.6 Å². The molecule has 0 aliphatic heterocycles. The van der Waals surface area contributed by atoms with Crippen LogP contribution in [0, 0.1) is 0 Å². The fourth-order valence-corrected chi connectivity index (χ4v) is 2.98. The first-order valence-corrected chi connectivity index (χ1v) is 9.20. The third-order valence-electron chi connectivity index (χ3n) is 2.46. The van der Waals surface area contributed by atoms with Gasteiger partial charge in [-0.1, -0.05) is 18.2 Å². The number of benzene rings is 1. The zero-order valence-electron chi connectivity index (χ0n) is 11.2. The van der Waals surface area contributed by atoms with E-state index in [-0.39, 0.29) is 17.2 Å². The maximum Gasteiger partial charge on any atom is 0.238 e. The maximum atomic E-state index is 11.5. The molecular weight excluding hydrogens is 316 g/mol. The van der Waals surface area contributed by atoms with Gasteiger partial charge in [-0.05, 0) is 17.7 Å². The van der Waals surface area contributed by atoms with Crippen LogP contribution in [-0.4, -0.2) is 34.2 Å². The zero-order chi connectivity index (χ0) is 16.1. The molecule has 0 fully saturated rings. The van der Waals surface area contributed by atoms with Crippen molar-refractivity contribution in [3.63, 3.8) is 0 Å². The number of sulfonamides is 1. The van der Waals surface area contributed by atoms with Crippen molar-refractivity contribution in [2.24, 2.45) is 5.14 Å². The number of sulfone groups is 1. The summed E-state index contributed by atoms with van der Waals surface area (Å²) in [6.07, 6.45) is 1.22. The van der Waals surface area contributed by atoms with Crippen LogP contribution < -0.4 is 10.5 Å².